The second-order valence-corrected chi connectivity index (χ2v) is 8.49. The summed E-state index contributed by atoms with van der Waals surface area (Å²) in [6.07, 6.45) is 6.06. The van der Waals surface area contributed by atoms with Gasteiger partial charge in [0.15, 0.2) is 11.5 Å². The van der Waals surface area contributed by atoms with Crippen molar-refractivity contribution in [1.29, 1.82) is 0 Å². The monoisotopic (exact) mass is 411 g/mol. The van der Waals surface area contributed by atoms with Crippen molar-refractivity contribution in [2.75, 3.05) is 14.2 Å². The van der Waals surface area contributed by atoms with Gasteiger partial charge < -0.3 is 14.6 Å². The van der Waals surface area contributed by atoms with Gasteiger partial charge in [0.05, 0.1) is 19.8 Å². The largest absolute Gasteiger partial charge is 0.493 e. The Morgan fingerprint density at radius 3 is 2.37 bits per heavy atom. The number of halogens is 1. The molecule has 2 fully saturated rings. The molecule has 0 aromatic heterocycles. The lowest BCUT2D eigenvalue weighted by Crippen LogP contribution is -2.49. The van der Waals surface area contributed by atoms with Crippen LogP contribution in [0.2, 0.25) is 0 Å². The fourth-order valence-electron chi connectivity index (χ4n) is 5.29. The molecular formula is C25H30FNO3. The number of hydrogen-bond acceptors (Lipinski definition) is 4. The molecule has 0 spiro atoms. The number of aliphatic hydroxyl groups is 1. The van der Waals surface area contributed by atoms with Gasteiger partial charge in [-0.2, -0.15) is 0 Å². The molecule has 0 aliphatic carbocycles. The van der Waals surface area contributed by atoms with Crippen LogP contribution in [0.3, 0.4) is 0 Å². The Morgan fingerprint density at radius 1 is 1.13 bits per heavy atom. The molecule has 1 N–H and O–H groups in total. The molecule has 2 aromatic carbocycles. The van der Waals surface area contributed by atoms with Gasteiger partial charge in [-0.25, -0.2) is 4.39 Å². The quantitative estimate of drug-likeness (QED) is 0.677. The van der Waals surface area contributed by atoms with Gasteiger partial charge in [0, 0.05) is 24.2 Å². The third-order valence-electron chi connectivity index (χ3n) is 6.64. The van der Waals surface area contributed by atoms with Crippen LogP contribution in [0.25, 0.3) is 0 Å². The van der Waals surface area contributed by atoms with Crippen molar-refractivity contribution in [2.45, 2.75) is 56.3 Å². The molecule has 160 valence electrons. The lowest BCUT2D eigenvalue weighted by molar-refractivity contribution is -0.0595. The van der Waals surface area contributed by atoms with Crippen LogP contribution in [0.5, 0.6) is 11.5 Å². The zero-order valence-electron chi connectivity index (χ0n) is 17.7. The smallest absolute Gasteiger partial charge is 0.164 e. The Kier molecular flexibility index (Phi) is 5.85. The number of piperidine rings is 1. The van der Waals surface area contributed by atoms with Gasteiger partial charge in [0.25, 0.3) is 0 Å². The summed E-state index contributed by atoms with van der Waals surface area (Å²) in [4.78, 5) is 2.51. The average molecular weight is 412 g/mol. The number of benzene rings is 2. The number of methoxy groups -OCH3 is 2. The minimum absolute atomic E-state index is 0.272. The van der Waals surface area contributed by atoms with Crippen molar-refractivity contribution in [1.82, 2.24) is 4.90 Å². The van der Waals surface area contributed by atoms with Gasteiger partial charge >= 0.3 is 0 Å². The van der Waals surface area contributed by atoms with E-state index in [1.54, 1.807) is 26.4 Å². The number of rotatable bonds is 7. The highest BCUT2D eigenvalue weighted by Gasteiger charge is 2.48. The zero-order chi connectivity index (χ0) is 21.3. The molecule has 2 atom stereocenters. The van der Waals surface area contributed by atoms with Crippen LogP contribution < -0.4 is 9.47 Å². The summed E-state index contributed by atoms with van der Waals surface area (Å²) in [7, 11) is 3.32. The third-order valence-corrected chi connectivity index (χ3v) is 6.64. The fraction of sp³-hybridized carbons (Fsp3) is 0.440. The summed E-state index contributed by atoms with van der Waals surface area (Å²) in [6.45, 7) is 4.66. The SMILES string of the molecule is C=CCc1cc(CN2C3CCC2CC(O)(c2ccc(F)cc2)C3)cc(OC)c1OC. The third kappa shape index (κ3) is 3.84. The van der Waals surface area contributed by atoms with Crippen LogP contribution in [0.1, 0.15) is 42.4 Å². The maximum atomic E-state index is 13.3. The van der Waals surface area contributed by atoms with Gasteiger partial charge in [-0.15, -0.1) is 6.58 Å². The normalized spacial score (nSPS) is 25.9. The lowest BCUT2D eigenvalue weighted by atomic mass is 9.80. The van der Waals surface area contributed by atoms with Crippen LogP contribution in [0.4, 0.5) is 4.39 Å². The van der Waals surface area contributed by atoms with Gasteiger partial charge in [0.2, 0.25) is 0 Å². The van der Waals surface area contributed by atoms with Gasteiger partial charge in [-0.05, 0) is 61.4 Å². The van der Waals surface area contributed by atoms with E-state index in [2.05, 4.69) is 17.5 Å². The first kappa shape index (κ1) is 20.9. The van der Waals surface area contributed by atoms with E-state index < -0.39 is 5.60 Å². The first-order valence-electron chi connectivity index (χ1n) is 10.6. The number of ether oxygens (including phenoxy) is 2. The second kappa shape index (κ2) is 8.40. The molecule has 2 aromatic rings. The standard InChI is InChI=1S/C25H30FNO3/c1-4-5-18-12-17(13-23(29-2)24(18)30-3)16-27-21-10-11-22(27)15-25(28,14-21)19-6-8-20(26)9-7-19/h4,6-9,12-13,21-22,28H,1,5,10-11,14-16H2,2-3H3. The molecule has 2 unspecified atom stereocenters. The van der Waals surface area contributed by atoms with E-state index in [9.17, 15) is 9.50 Å². The van der Waals surface area contributed by atoms with E-state index in [4.69, 9.17) is 9.47 Å². The topological polar surface area (TPSA) is 41.9 Å². The first-order valence-corrected chi connectivity index (χ1v) is 10.6. The zero-order valence-corrected chi connectivity index (χ0v) is 17.7. The molecule has 2 bridgehead atoms. The van der Waals surface area contributed by atoms with E-state index >= 15 is 0 Å². The Labute approximate surface area is 177 Å². The summed E-state index contributed by atoms with van der Waals surface area (Å²) in [5, 5.41) is 11.4. The molecule has 2 saturated heterocycles. The van der Waals surface area contributed by atoms with Gasteiger partial charge in [-0.3, -0.25) is 4.90 Å². The molecule has 0 amide bonds. The van der Waals surface area contributed by atoms with Crippen LogP contribution in [-0.4, -0.2) is 36.3 Å². The van der Waals surface area contributed by atoms with Crippen LogP contribution in [0.15, 0.2) is 49.1 Å². The van der Waals surface area contributed by atoms with Gasteiger partial charge in [-0.1, -0.05) is 24.3 Å². The average Bonchev–Trinajstić information content (AvgIpc) is 2.97. The minimum Gasteiger partial charge on any atom is -0.493 e. The van der Waals surface area contributed by atoms with E-state index in [1.807, 2.05) is 12.1 Å². The van der Waals surface area contributed by atoms with Crippen LogP contribution >= 0.6 is 0 Å². The molecule has 4 rings (SSSR count). The van der Waals surface area contributed by atoms with E-state index in [-0.39, 0.29) is 5.82 Å². The van der Waals surface area contributed by atoms with Gasteiger partial charge in [0.1, 0.15) is 5.82 Å². The highest BCUT2D eigenvalue weighted by atomic mass is 19.1. The Bertz CT molecular complexity index is 897. The van der Waals surface area contributed by atoms with Crippen LogP contribution in [-0.2, 0) is 18.6 Å². The number of allylic oxidation sites excluding steroid dienone is 1. The van der Waals surface area contributed by atoms with Crippen LogP contribution in [0, 0.1) is 5.82 Å². The predicted octanol–water partition coefficient (Wildman–Crippen LogP) is 4.59. The Balaban J connectivity index is 1.56. The van der Waals surface area contributed by atoms with Crippen molar-refractivity contribution >= 4 is 0 Å². The molecule has 4 nitrogen and oxygen atoms in total. The molecule has 2 aliphatic heterocycles. The molecule has 2 aliphatic rings. The Morgan fingerprint density at radius 2 is 1.80 bits per heavy atom. The highest BCUT2D eigenvalue weighted by molar-refractivity contribution is 5.50. The van der Waals surface area contributed by atoms with Crippen molar-refractivity contribution in [2.24, 2.45) is 0 Å². The molecule has 5 heteroatoms. The van der Waals surface area contributed by atoms with Crippen molar-refractivity contribution < 1.29 is 19.0 Å². The van der Waals surface area contributed by atoms with E-state index in [0.717, 1.165) is 42.0 Å². The summed E-state index contributed by atoms with van der Waals surface area (Å²) in [5.74, 6) is 1.22. The van der Waals surface area contributed by atoms with Crippen molar-refractivity contribution in [3.8, 4) is 11.5 Å². The molecule has 0 radical (unpaired) electrons. The number of fused-ring (bicyclic) bond motifs is 2. The molecular weight excluding hydrogens is 381 g/mol. The highest BCUT2D eigenvalue weighted by Crippen LogP contribution is 2.46. The van der Waals surface area contributed by atoms with E-state index in [1.165, 1.54) is 17.7 Å². The Hall–Kier alpha value is -2.37. The minimum atomic E-state index is -0.887. The summed E-state index contributed by atoms with van der Waals surface area (Å²) in [5.41, 5.74) is 2.17. The van der Waals surface area contributed by atoms with Crippen molar-refractivity contribution in [3.63, 3.8) is 0 Å². The first-order chi connectivity index (χ1) is 14.5. The molecule has 30 heavy (non-hydrogen) atoms. The number of hydrogen-bond donors (Lipinski definition) is 1. The van der Waals surface area contributed by atoms with E-state index in [0.29, 0.717) is 31.3 Å². The fourth-order valence-corrected chi connectivity index (χ4v) is 5.29. The predicted molar refractivity (Wildman–Crippen MR) is 115 cm³/mol. The second-order valence-electron chi connectivity index (χ2n) is 8.49. The lowest BCUT2D eigenvalue weighted by Gasteiger charge is -2.44. The summed E-state index contributed by atoms with van der Waals surface area (Å²) < 4.78 is 24.5. The molecule has 0 saturated carbocycles. The van der Waals surface area contributed by atoms with Crippen molar-refractivity contribution in [3.05, 3.63) is 71.6 Å². The maximum Gasteiger partial charge on any atom is 0.164 e. The number of nitrogens with zero attached hydrogens (tertiary/aromatic N) is 1. The molecule has 2 heterocycles. The summed E-state index contributed by atoms with van der Waals surface area (Å²) in [6, 6.07) is 11.1. The summed E-state index contributed by atoms with van der Waals surface area (Å²) >= 11 is 0. The maximum absolute atomic E-state index is 13.3.